The number of thiol groups is 1. The second-order valence-electron chi connectivity index (χ2n) is 2.68. The van der Waals surface area contributed by atoms with E-state index < -0.39 is 0 Å². The molecular weight excluding hydrogens is 158 g/mol. The Balaban J connectivity index is 3.36. The van der Waals surface area contributed by atoms with Crippen LogP contribution in [0.5, 0.6) is 0 Å². The van der Waals surface area contributed by atoms with E-state index >= 15 is 0 Å². The molecule has 1 amide bonds. The predicted octanol–water partition coefficient (Wildman–Crippen LogP) is 1.56. The van der Waals surface area contributed by atoms with Gasteiger partial charge in [0, 0.05) is 13.6 Å². The molecule has 11 heavy (non-hydrogen) atoms. The lowest BCUT2D eigenvalue weighted by Crippen LogP contribution is -2.28. The molecule has 0 N–H and O–H groups in total. The van der Waals surface area contributed by atoms with E-state index in [-0.39, 0.29) is 5.91 Å². The zero-order valence-electron chi connectivity index (χ0n) is 7.34. The minimum atomic E-state index is 0.115. The summed E-state index contributed by atoms with van der Waals surface area (Å²) < 4.78 is 0. The van der Waals surface area contributed by atoms with Crippen molar-refractivity contribution in [3.8, 4) is 0 Å². The number of amides is 1. The SMILES string of the molecule is CCCCCN(C)C(=O)CS. The fraction of sp³-hybridized carbons (Fsp3) is 0.875. The van der Waals surface area contributed by atoms with Crippen molar-refractivity contribution >= 4 is 18.5 Å². The van der Waals surface area contributed by atoms with E-state index in [2.05, 4.69) is 19.6 Å². The number of hydrogen-bond acceptors (Lipinski definition) is 2. The lowest BCUT2D eigenvalue weighted by Gasteiger charge is -2.14. The average Bonchev–Trinajstić information content (AvgIpc) is 2.03. The highest BCUT2D eigenvalue weighted by Crippen LogP contribution is 1.96. The first kappa shape index (κ1) is 10.8. The molecule has 0 aliphatic heterocycles. The average molecular weight is 175 g/mol. The quantitative estimate of drug-likeness (QED) is 0.497. The number of carbonyl (C=O) groups excluding carboxylic acids is 1. The molecule has 0 spiro atoms. The van der Waals surface area contributed by atoms with Crippen LogP contribution in [0.1, 0.15) is 26.2 Å². The van der Waals surface area contributed by atoms with E-state index in [1.165, 1.54) is 12.8 Å². The second kappa shape index (κ2) is 6.53. The molecule has 0 fully saturated rings. The highest BCUT2D eigenvalue weighted by molar-refractivity contribution is 7.81. The molecule has 0 aliphatic carbocycles. The van der Waals surface area contributed by atoms with E-state index in [9.17, 15) is 4.79 Å². The minimum absolute atomic E-state index is 0.115. The normalized spacial score (nSPS) is 9.73. The van der Waals surface area contributed by atoms with Gasteiger partial charge in [-0.3, -0.25) is 4.79 Å². The van der Waals surface area contributed by atoms with Gasteiger partial charge in [0.1, 0.15) is 0 Å². The summed E-state index contributed by atoms with van der Waals surface area (Å²) in [5, 5.41) is 0. The second-order valence-corrected chi connectivity index (χ2v) is 3.00. The Morgan fingerprint density at radius 2 is 2.09 bits per heavy atom. The third kappa shape index (κ3) is 5.13. The lowest BCUT2D eigenvalue weighted by atomic mass is 10.2. The van der Waals surface area contributed by atoms with Crippen molar-refractivity contribution in [2.24, 2.45) is 0 Å². The van der Waals surface area contributed by atoms with Gasteiger partial charge in [0.2, 0.25) is 5.91 Å². The van der Waals surface area contributed by atoms with Crippen LogP contribution in [0.2, 0.25) is 0 Å². The number of carbonyl (C=O) groups is 1. The highest BCUT2D eigenvalue weighted by Gasteiger charge is 2.03. The number of hydrogen-bond donors (Lipinski definition) is 1. The van der Waals surface area contributed by atoms with Crippen LogP contribution in [0.15, 0.2) is 0 Å². The summed E-state index contributed by atoms with van der Waals surface area (Å²) in [6.07, 6.45) is 3.50. The zero-order chi connectivity index (χ0) is 8.69. The van der Waals surface area contributed by atoms with E-state index in [4.69, 9.17) is 0 Å². The van der Waals surface area contributed by atoms with E-state index in [0.717, 1.165) is 13.0 Å². The molecule has 66 valence electrons. The van der Waals surface area contributed by atoms with Gasteiger partial charge in [-0.1, -0.05) is 19.8 Å². The lowest BCUT2D eigenvalue weighted by molar-refractivity contribution is -0.127. The van der Waals surface area contributed by atoms with Gasteiger partial charge in [0.25, 0.3) is 0 Å². The molecule has 0 aromatic heterocycles. The molecule has 0 atom stereocenters. The van der Waals surface area contributed by atoms with E-state index in [1.54, 1.807) is 4.90 Å². The number of rotatable bonds is 5. The molecule has 0 bridgehead atoms. The van der Waals surface area contributed by atoms with Crippen molar-refractivity contribution in [1.82, 2.24) is 4.90 Å². The van der Waals surface area contributed by atoms with Gasteiger partial charge in [0.15, 0.2) is 0 Å². The topological polar surface area (TPSA) is 20.3 Å². The van der Waals surface area contributed by atoms with Crippen molar-refractivity contribution in [3.05, 3.63) is 0 Å². The molecule has 0 aromatic carbocycles. The first-order valence-corrected chi connectivity index (χ1v) is 4.70. The fourth-order valence-corrected chi connectivity index (χ4v) is 1.09. The van der Waals surface area contributed by atoms with Gasteiger partial charge in [-0.05, 0) is 6.42 Å². The summed E-state index contributed by atoms with van der Waals surface area (Å²) in [5.74, 6) is 0.437. The predicted molar refractivity (Wildman–Crippen MR) is 51.0 cm³/mol. The molecule has 0 saturated carbocycles. The smallest absolute Gasteiger partial charge is 0.232 e. The first-order valence-electron chi connectivity index (χ1n) is 4.07. The largest absolute Gasteiger partial charge is 0.345 e. The maximum Gasteiger partial charge on any atom is 0.232 e. The summed E-state index contributed by atoms with van der Waals surface area (Å²) in [4.78, 5) is 12.7. The van der Waals surface area contributed by atoms with Gasteiger partial charge in [0.05, 0.1) is 5.75 Å². The van der Waals surface area contributed by atoms with Crippen LogP contribution in [-0.2, 0) is 4.79 Å². The van der Waals surface area contributed by atoms with E-state index in [0.29, 0.717) is 5.75 Å². The molecule has 0 unspecified atom stereocenters. The van der Waals surface area contributed by atoms with Crippen molar-refractivity contribution in [1.29, 1.82) is 0 Å². The molecule has 0 aromatic rings. The highest BCUT2D eigenvalue weighted by atomic mass is 32.1. The van der Waals surface area contributed by atoms with Crippen molar-refractivity contribution in [2.75, 3.05) is 19.3 Å². The summed E-state index contributed by atoms with van der Waals surface area (Å²) in [6, 6.07) is 0. The summed E-state index contributed by atoms with van der Waals surface area (Å²) in [5.41, 5.74) is 0. The van der Waals surface area contributed by atoms with Crippen LogP contribution in [0.3, 0.4) is 0 Å². The van der Waals surface area contributed by atoms with Crippen LogP contribution in [0.4, 0.5) is 0 Å². The third-order valence-corrected chi connectivity index (χ3v) is 1.93. The Labute approximate surface area is 74.4 Å². The fourth-order valence-electron chi connectivity index (χ4n) is 0.844. The summed E-state index contributed by atoms with van der Waals surface area (Å²) in [7, 11) is 1.83. The first-order chi connectivity index (χ1) is 5.22. The van der Waals surface area contributed by atoms with Gasteiger partial charge in [-0.2, -0.15) is 12.6 Å². The number of unbranched alkanes of at least 4 members (excludes halogenated alkanes) is 2. The standard InChI is InChI=1S/C8H17NOS/c1-3-4-5-6-9(2)8(10)7-11/h11H,3-7H2,1-2H3. The van der Waals surface area contributed by atoms with Crippen LogP contribution in [0, 0.1) is 0 Å². The van der Waals surface area contributed by atoms with Crippen LogP contribution >= 0.6 is 12.6 Å². The monoisotopic (exact) mass is 175 g/mol. The molecule has 3 heteroatoms. The maximum absolute atomic E-state index is 11.0. The Morgan fingerprint density at radius 3 is 2.55 bits per heavy atom. The van der Waals surface area contributed by atoms with Gasteiger partial charge in [-0.15, -0.1) is 0 Å². The van der Waals surface area contributed by atoms with E-state index in [1.807, 2.05) is 7.05 Å². The van der Waals surface area contributed by atoms with Gasteiger partial charge in [-0.25, -0.2) is 0 Å². The van der Waals surface area contributed by atoms with Crippen LogP contribution < -0.4 is 0 Å². The molecule has 0 radical (unpaired) electrons. The molecule has 0 saturated heterocycles. The maximum atomic E-state index is 11.0. The minimum Gasteiger partial charge on any atom is -0.345 e. The zero-order valence-corrected chi connectivity index (χ0v) is 8.23. The van der Waals surface area contributed by atoms with Crippen LogP contribution in [-0.4, -0.2) is 30.2 Å². The number of nitrogens with zero attached hydrogens (tertiary/aromatic N) is 1. The Morgan fingerprint density at radius 1 is 1.45 bits per heavy atom. The third-order valence-electron chi connectivity index (χ3n) is 1.66. The molecule has 0 aliphatic rings. The van der Waals surface area contributed by atoms with Crippen molar-refractivity contribution in [3.63, 3.8) is 0 Å². The van der Waals surface area contributed by atoms with Crippen molar-refractivity contribution < 1.29 is 4.79 Å². The van der Waals surface area contributed by atoms with Crippen LogP contribution in [0.25, 0.3) is 0 Å². The van der Waals surface area contributed by atoms with Crippen molar-refractivity contribution in [2.45, 2.75) is 26.2 Å². The Hall–Kier alpha value is -0.180. The Kier molecular flexibility index (Phi) is 6.42. The summed E-state index contributed by atoms with van der Waals surface area (Å²) in [6.45, 7) is 3.02. The molecule has 0 heterocycles. The molecular formula is C8H17NOS. The van der Waals surface area contributed by atoms with Gasteiger partial charge < -0.3 is 4.90 Å². The van der Waals surface area contributed by atoms with Gasteiger partial charge >= 0.3 is 0 Å². The Bertz CT molecular complexity index is 117. The molecule has 2 nitrogen and oxygen atoms in total. The summed E-state index contributed by atoms with van der Waals surface area (Å²) >= 11 is 3.91. The molecule has 0 rings (SSSR count).